The molecule has 0 spiro atoms. The van der Waals surface area contributed by atoms with Crippen LogP contribution in [0.15, 0.2) is 60.7 Å². The number of β-lactam (4-membered cyclic amide) rings is 1. The molecule has 1 heterocycles. The number of amides is 1. The highest BCUT2D eigenvalue weighted by Crippen LogP contribution is 2.23. The highest BCUT2D eigenvalue weighted by molar-refractivity contribution is 5.82. The Morgan fingerprint density at radius 3 is 2.54 bits per heavy atom. The Hall–Kier alpha value is -2.59. The maximum absolute atomic E-state index is 11.8. The Bertz CT molecular complexity index is 695. The smallest absolute Gasteiger partial charge is 0.229 e. The van der Waals surface area contributed by atoms with E-state index in [-0.39, 0.29) is 12.1 Å². The highest BCUT2D eigenvalue weighted by Gasteiger charge is 2.36. The molecule has 3 rings (SSSR count). The van der Waals surface area contributed by atoms with Gasteiger partial charge in [-0.25, -0.2) is 0 Å². The van der Waals surface area contributed by atoms with Gasteiger partial charge in [-0.1, -0.05) is 54.6 Å². The summed E-state index contributed by atoms with van der Waals surface area (Å²) in [6.45, 7) is 1.09. The molecule has 0 N–H and O–H groups in total. The first kappa shape index (κ1) is 16.3. The molecule has 24 heavy (non-hydrogen) atoms. The quantitative estimate of drug-likeness (QED) is 0.732. The lowest BCUT2D eigenvalue weighted by Gasteiger charge is -2.39. The number of carbonyl (C=O) groups is 1. The molecule has 2 aromatic rings. The monoisotopic (exact) mass is 323 g/mol. The van der Waals surface area contributed by atoms with Crippen molar-refractivity contribution in [2.75, 3.05) is 13.7 Å². The predicted octanol–water partition coefficient (Wildman–Crippen LogP) is 3.48. The minimum Gasteiger partial charge on any atom is -0.497 e. The SMILES string of the molecule is COc1ccc(/C=C/COC2CC(=O)N2Cc2ccccc2)cc1. The number of methoxy groups -OCH3 is 1. The lowest BCUT2D eigenvalue weighted by atomic mass is 10.1. The summed E-state index contributed by atoms with van der Waals surface area (Å²) in [7, 11) is 1.65. The lowest BCUT2D eigenvalue weighted by Crippen LogP contribution is -2.53. The van der Waals surface area contributed by atoms with Crippen LogP contribution in [0.5, 0.6) is 5.75 Å². The molecule has 1 aliphatic heterocycles. The maximum atomic E-state index is 11.8. The number of nitrogens with zero attached hydrogens (tertiary/aromatic N) is 1. The van der Waals surface area contributed by atoms with Crippen molar-refractivity contribution in [1.29, 1.82) is 0 Å². The number of rotatable bonds is 7. The van der Waals surface area contributed by atoms with Crippen LogP contribution >= 0.6 is 0 Å². The van der Waals surface area contributed by atoms with Crippen LogP contribution in [0.1, 0.15) is 17.5 Å². The molecule has 2 aromatic carbocycles. The molecule has 124 valence electrons. The highest BCUT2D eigenvalue weighted by atomic mass is 16.5. The summed E-state index contributed by atoms with van der Waals surface area (Å²) in [6, 6.07) is 17.8. The van der Waals surface area contributed by atoms with Crippen molar-refractivity contribution in [3.05, 3.63) is 71.8 Å². The van der Waals surface area contributed by atoms with Gasteiger partial charge < -0.3 is 14.4 Å². The van der Waals surface area contributed by atoms with Gasteiger partial charge in [0.1, 0.15) is 12.0 Å². The van der Waals surface area contributed by atoms with E-state index in [1.807, 2.05) is 66.7 Å². The predicted molar refractivity (Wildman–Crippen MR) is 93.4 cm³/mol. The van der Waals surface area contributed by atoms with Crippen LogP contribution in [0.25, 0.3) is 6.08 Å². The lowest BCUT2D eigenvalue weighted by molar-refractivity contribution is -0.173. The molecule has 4 nitrogen and oxygen atoms in total. The van der Waals surface area contributed by atoms with Crippen molar-refractivity contribution in [2.45, 2.75) is 19.2 Å². The van der Waals surface area contributed by atoms with E-state index in [9.17, 15) is 4.79 Å². The fraction of sp³-hybridized carbons (Fsp3) is 0.250. The average molecular weight is 323 g/mol. The van der Waals surface area contributed by atoms with Crippen LogP contribution in [-0.4, -0.2) is 30.8 Å². The Morgan fingerprint density at radius 1 is 1.12 bits per heavy atom. The summed E-state index contributed by atoms with van der Waals surface area (Å²) in [5, 5.41) is 0. The first-order valence-corrected chi connectivity index (χ1v) is 8.02. The zero-order chi connectivity index (χ0) is 16.8. The van der Waals surface area contributed by atoms with Crippen molar-refractivity contribution in [1.82, 2.24) is 4.90 Å². The topological polar surface area (TPSA) is 38.8 Å². The molecule has 1 aliphatic rings. The molecule has 0 aliphatic carbocycles. The fourth-order valence-corrected chi connectivity index (χ4v) is 2.61. The Labute approximate surface area is 142 Å². The molecular weight excluding hydrogens is 302 g/mol. The number of hydrogen-bond acceptors (Lipinski definition) is 3. The first-order chi connectivity index (χ1) is 11.8. The molecule has 4 heteroatoms. The molecule has 1 unspecified atom stereocenters. The van der Waals surface area contributed by atoms with Crippen molar-refractivity contribution in [2.24, 2.45) is 0 Å². The van der Waals surface area contributed by atoms with Crippen molar-refractivity contribution in [3.63, 3.8) is 0 Å². The maximum Gasteiger partial charge on any atom is 0.229 e. The second-order valence-electron chi connectivity index (χ2n) is 5.67. The van der Waals surface area contributed by atoms with Gasteiger partial charge in [-0.15, -0.1) is 0 Å². The van der Waals surface area contributed by atoms with Gasteiger partial charge in [0.05, 0.1) is 20.1 Å². The first-order valence-electron chi connectivity index (χ1n) is 8.02. The largest absolute Gasteiger partial charge is 0.497 e. The van der Waals surface area contributed by atoms with Crippen LogP contribution in [0.3, 0.4) is 0 Å². The number of benzene rings is 2. The zero-order valence-electron chi connectivity index (χ0n) is 13.7. The van der Waals surface area contributed by atoms with E-state index in [4.69, 9.17) is 9.47 Å². The van der Waals surface area contributed by atoms with Crippen molar-refractivity contribution >= 4 is 12.0 Å². The van der Waals surface area contributed by atoms with Gasteiger partial charge in [-0.05, 0) is 23.3 Å². The summed E-state index contributed by atoms with van der Waals surface area (Å²) in [5.74, 6) is 0.982. The molecule has 1 atom stereocenters. The summed E-state index contributed by atoms with van der Waals surface area (Å²) >= 11 is 0. The van der Waals surface area contributed by atoms with E-state index in [2.05, 4.69) is 0 Å². The van der Waals surface area contributed by atoms with Crippen molar-refractivity contribution in [3.8, 4) is 5.75 Å². The van der Waals surface area contributed by atoms with Crippen molar-refractivity contribution < 1.29 is 14.3 Å². The van der Waals surface area contributed by atoms with Crippen LogP contribution in [-0.2, 0) is 16.1 Å². The zero-order valence-corrected chi connectivity index (χ0v) is 13.7. The minimum absolute atomic E-state index is 0.127. The summed E-state index contributed by atoms with van der Waals surface area (Å²) in [4.78, 5) is 13.6. The minimum atomic E-state index is -0.127. The average Bonchev–Trinajstić information content (AvgIpc) is 2.63. The van der Waals surface area contributed by atoms with Crippen LogP contribution in [0, 0.1) is 0 Å². The van der Waals surface area contributed by atoms with Crippen LogP contribution < -0.4 is 4.74 Å². The Morgan fingerprint density at radius 2 is 1.88 bits per heavy atom. The van der Waals surface area contributed by atoms with Gasteiger partial charge in [0.15, 0.2) is 0 Å². The van der Waals surface area contributed by atoms with Gasteiger partial charge >= 0.3 is 0 Å². The molecule has 0 saturated carbocycles. The van der Waals surface area contributed by atoms with Gasteiger partial charge in [-0.2, -0.15) is 0 Å². The second kappa shape index (κ2) is 7.79. The van der Waals surface area contributed by atoms with E-state index < -0.39 is 0 Å². The molecule has 0 aromatic heterocycles. The Kier molecular flexibility index (Phi) is 5.29. The third-order valence-electron chi connectivity index (χ3n) is 4.02. The third kappa shape index (κ3) is 4.03. The molecule has 1 fully saturated rings. The van der Waals surface area contributed by atoms with E-state index in [1.165, 1.54) is 0 Å². The molecule has 0 radical (unpaired) electrons. The summed E-state index contributed by atoms with van der Waals surface area (Å²) < 4.78 is 10.9. The summed E-state index contributed by atoms with van der Waals surface area (Å²) in [6.07, 6.45) is 4.30. The Balaban J connectivity index is 1.47. The van der Waals surface area contributed by atoms with E-state index in [0.717, 1.165) is 16.9 Å². The van der Waals surface area contributed by atoms with Gasteiger partial charge in [0.2, 0.25) is 5.91 Å². The normalized spacial score (nSPS) is 17.1. The molecule has 1 saturated heterocycles. The van der Waals surface area contributed by atoms with E-state index in [1.54, 1.807) is 12.0 Å². The van der Waals surface area contributed by atoms with Crippen LogP contribution in [0.4, 0.5) is 0 Å². The third-order valence-corrected chi connectivity index (χ3v) is 4.02. The number of likely N-dealkylation sites (tertiary alicyclic amines) is 1. The standard InChI is InChI=1S/C20H21NO3/c1-23-18-11-9-16(10-12-18)8-5-13-24-20-14-19(22)21(20)15-17-6-3-2-4-7-17/h2-12,20H,13-15H2,1H3/b8-5+. The molecular formula is C20H21NO3. The number of hydrogen-bond donors (Lipinski definition) is 0. The fourth-order valence-electron chi connectivity index (χ4n) is 2.61. The van der Waals surface area contributed by atoms with Gasteiger partial charge in [0, 0.05) is 6.54 Å². The van der Waals surface area contributed by atoms with Gasteiger partial charge in [-0.3, -0.25) is 4.79 Å². The van der Waals surface area contributed by atoms with E-state index in [0.29, 0.717) is 19.6 Å². The molecule has 0 bridgehead atoms. The molecule has 1 amide bonds. The second-order valence-corrected chi connectivity index (χ2v) is 5.67. The van der Waals surface area contributed by atoms with Crippen LogP contribution in [0.2, 0.25) is 0 Å². The number of ether oxygens (including phenoxy) is 2. The summed E-state index contributed by atoms with van der Waals surface area (Å²) in [5.41, 5.74) is 2.21. The van der Waals surface area contributed by atoms with E-state index >= 15 is 0 Å². The van der Waals surface area contributed by atoms with Gasteiger partial charge in [0.25, 0.3) is 0 Å². The number of carbonyl (C=O) groups excluding carboxylic acids is 1.